The summed E-state index contributed by atoms with van der Waals surface area (Å²) in [5.41, 5.74) is -1.67. The summed E-state index contributed by atoms with van der Waals surface area (Å²) in [7, 11) is 0. The highest BCUT2D eigenvalue weighted by atomic mass is 16.4. The predicted molar refractivity (Wildman–Crippen MR) is 52.0 cm³/mol. The third-order valence-electron chi connectivity index (χ3n) is 2.40. The van der Waals surface area contributed by atoms with E-state index in [0.717, 1.165) is 12.8 Å². The zero-order valence-corrected chi connectivity index (χ0v) is 8.75. The number of hydrogen-bond acceptors (Lipinski definition) is 3. The van der Waals surface area contributed by atoms with Crippen molar-refractivity contribution in [2.24, 2.45) is 0 Å². The summed E-state index contributed by atoms with van der Waals surface area (Å²) in [6, 6.07) is 0. The average molecular weight is 202 g/mol. The van der Waals surface area contributed by atoms with Crippen LogP contribution in [0.3, 0.4) is 0 Å². The van der Waals surface area contributed by atoms with Gasteiger partial charge in [0, 0.05) is 0 Å². The van der Waals surface area contributed by atoms with Crippen molar-refractivity contribution >= 4 is 11.8 Å². The molecule has 0 radical (unpaired) electrons. The average Bonchev–Trinajstić information content (AvgIpc) is 2.16. The molecule has 4 heteroatoms. The zero-order chi connectivity index (χ0) is 11.2. The third-order valence-corrected chi connectivity index (χ3v) is 2.40. The smallest absolute Gasteiger partial charge is 0.375 e. The van der Waals surface area contributed by atoms with Crippen molar-refractivity contribution in [2.75, 3.05) is 0 Å². The lowest BCUT2D eigenvalue weighted by Gasteiger charge is -2.22. The lowest BCUT2D eigenvalue weighted by molar-refractivity contribution is -0.159. The van der Waals surface area contributed by atoms with E-state index < -0.39 is 17.4 Å². The quantitative estimate of drug-likeness (QED) is 0.483. The Morgan fingerprint density at radius 3 is 2.14 bits per heavy atom. The lowest BCUT2D eigenvalue weighted by atomic mass is 9.89. The number of Topliss-reactive ketones (excluding diaryl/α,β-unsaturated/α-hetero) is 1. The molecule has 0 bridgehead atoms. The second-order valence-electron chi connectivity index (χ2n) is 3.48. The van der Waals surface area contributed by atoms with Gasteiger partial charge in [-0.15, -0.1) is 0 Å². The molecule has 0 aromatic heterocycles. The molecule has 0 aromatic rings. The van der Waals surface area contributed by atoms with Gasteiger partial charge in [-0.25, -0.2) is 4.79 Å². The van der Waals surface area contributed by atoms with E-state index in [2.05, 4.69) is 0 Å². The van der Waals surface area contributed by atoms with E-state index in [9.17, 15) is 14.7 Å². The number of aliphatic hydroxyl groups is 1. The Bertz CT molecular complexity index is 212. The molecule has 0 saturated carbocycles. The Labute approximate surface area is 83.9 Å². The second-order valence-corrected chi connectivity index (χ2v) is 3.48. The lowest BCUT2D eigenvalue weighted by Crippen LogP contribution is -2.42. The van der Waals surface area contributed by atoms with Gasteiger partial charge in [-0.05, 0) is 12.8 Å². The summed E-state index contributed by atoms with van der Waals surface area (Å²) in [5.74, 6) is -2.64. The number of carbonyl (C=O) groups excluding carboxylic acids is 1. The minimum Gasteiger partial charge on any atom is -0.475 e. The van der Waals surface area contributed by atoms with Crippen LogP contribution >= 0.6 is 0 Å². The van der Waals surface area contributed by atoms with E-state index in [4.69, 9.17) is 5.11 Å². The van der Waals surface area contributed by atoms with Crippen LogP contribution in [0.4, 0.5) is 0 Å². The maximum atomic E-state index is 11.1. The Hall–Kier alpha value is -0.900. The minimum absolute atomic E-state index is 0.155. The molecule has 0 aromatic carbocycles. The SMILES string of the molecule is CCCCCC(O)(CC)C(=O)C(=O)O. The largest absolute Gasteiger partial charge is 0.475 e. The Morgan fingerprint density at radius 2 is 1.79 bits per heavy atom. The molecule has 0 rings (SSSR count). The molecule has 0 fully saturated rings. The molecule has 1 unspecified atom stereocenters. The number of hydrogen-bond donors (Lipinski definition) is 2. The third kappa shape index (κ3) is 3.46. The van der Waals surface area contributed by atoms with E-state index in [1.807, 2.05) is 6.92 Å². The fourth-order valence-electron chi connectivity index (χ4n) is 1.32. The molecule has 0 heterocycles. The van der Waals surface area contributed by atoms with Crippen molar-refractivity contribution in [3.05, 3.63) is 0 Å². The van der Waals surface area contributed by atoms with Crippen LogP contribution in [0.1, 0.15) is 46.0 Å². The number of carboxylic acid groups (broad SMARTS) is 1. The van der Waals surface area contributed by atoms with E-state index in [1.54, 1.807) is 6.92 Å². The second kappa shape index (κ2) is 5.75. The van der Waals surface area contributed by atoms with Crippen molar-refractivity contribution < 1.29 is 19.8 Å². The Morgan fingerprint density at radius 1 is 1.21 bits per heavy atom. The molecule has 0 spiro atoms. The standard InChI is InChI=1S/C10H18O4/c1-3-5-6-7-10(14,4-2)8(11)9(12)13/h14H,3-7H2,1-2H3,(H,12,13). The minimum atomic E-state index is -1.67. The monoisotopic (exact) mass is 202 g/mol. The van der Waals surface area contributed by atoms with Crippen molar-refractivity contribution in [1.82, 2.24) is 0 Å². The number of unbranched alkanes of at least 4 members (excludes halogenated alkanes) is 2. The van der Waals surface area contributed by atoms with Gasteiger partial charge >= 0.3 is 5.97 Å². The van der Waals surface area contributed by atoms with Crippen LogP contribution in [0.15, 0.2) is 0 Å². The topological polar surface area (TPSA) is 74.6 Å². The number of ketones is 1. The van der Waals surface area contributed by atoms with Crippen LogP contribution in [0.5, 0.6) is 0 Å². The highest BCUT2D eigenvalue weighted by Crippen LogP contribution is 2.20. The van der Waals surface area contributed by atoms with Gasteiger partial charge in [0.2, 0.25) is 0 Å². The molecule has 1 atom stereocenters. The molecule has 0 aliphatic rings. The molecule has 14 heavy (non-hydrogen) atoms. The van der Waals surface area contributed by atoms with Gasteiger partial charge in [0.1, 0.15) is 5.60 Å². The molecular weight excluding hydrogens is 184 g/mol. The first-order chi connectivity index (χ1) is 6.48. The summed E-state index contributed by atoms with van der Waals surface area (Å²) in [5, 5.41) is 18.3. The van der Waals surface area contributed by atoms with Crippen LogP contribution in [0, 0.1) is 0 Å². The van der Waals surface area contributed by atoms with E-state index in [-0.39, 0.29) is 12.8 Å². The molecule has 0 aliphatic heterocycles. The summed E-state index contributed by atoms with van der Waals surface area (Å²) in [6.07, 6.45) is 2.94. The first kappa shape index (κ1) is 13.1. The van der Waals surface area contributed by atoms with Gasteiger partial charge in [-0.1, -0.05) is 33.1 Å². The molecule has 0 saturated heterocycles. The number of carboxylic acids is 1. The normalized spacial score (nSPS) is 14.8. The van der Waals surface area contributed by atoms with Gasteiger partial charge in [0.05, 0.1) is 0 Å². The number of aliphatic carboxylic acids is 1. The van der Waals surface area contributed by atoms with Crippen molar-refractivity contribution in [3.8, 4) is 0 Å². The molecule has 2 N–H and O–H groups in total. The zero-order valence-electron chi connectivity index (χ0n) is 8.75. The fraction of sp³-hybridized carbons (Fsp3) is 0.800. The van der Waals surface area contributed by atoms with E-state index in [1.165, 1.54) is 0 Å². The maximum absolute atomic E-state index is 11.1. The predicted octanol–water partition coefficient (Wildman–Crippen LogP) is 1.36. The molecule has 4 nitrogen and oxygen atoms in total. The van der Waals surface area contributed by atoms with Gasteiger partial charge in [0.25, 0.3) is 5.78 Å². The Kier molecular flexibility index (Phi) is 5.38. The highest BCUT2D eigenvalue weighted by molar-refractivity contribution is 6.35. The summed E-state index contributed by atoms with van der Waals surface area (Å²) in [4.78, 5) is 21.6. The number of rotatable bonds is 7. The van der Waals surface area contributed by atoms with Gasteiger partial charge in [-0.3, -0.25) is 4.79 Å². The molecule has 0 aliphatic carbocycles. The fourth-order valence-corrected chi connectivity index (χ4v) is 1.32. The molecule has 0 amide bonds. The molecular formula is C10H18O4. The van der Waals surface area contributed by atoms with E-state index in [0.29, 0.717) is 6.42 Å². The summed E-state index contributed by atoms with van der Waals surface area (Å²) >= 11 is 0. The van der Waals surface area contributed by atoms with E-state index >= 15 is 0 Å². The van der Waals surface area contributed by atoms with Crippen LogP contribution < -0.4 is 0 Å². The van der Waals surface area contributed by atoms with Crippen molar-refractivity contribution in [1.29, 1.82) is 0 Å². The van der Waals surface area contributed by atoms with Gasteiger partial charge in [-0.2, -0.15) is 0 Å². The highest BCUT2D eigenvalue weighted by Gasteiger charge is 2.37. The Balaban J connectivity index is 4.31. The maximum Gasteiger partial charge on any atom is 0.375 e. The van der Waals surface area contributed by atoms with Crippen LogP contribution in [0.25, 0.3) is 0 Å². The van der Waals surface area contributed by atoms with Gasteiger partial charge < -0.3 is 10.2 Å². The summed E-state index contributed by atoms with van der Waals surface area (Å²) in [6.45, 7) is 3.62. The number of carbonyl (C=O) groups is 2. The summed E-state index contributed by atoms with van der Waals surface area (Å²) < 4.78 is 0. The van der Waals surface area contributed by atoms with Crippen molar-refractivity contribution in [3.63, 3.8) is 0 Å². The van der Waals surface area contributed by atoms with Crippen molar-refractivity contribution in [2.45, 2.75) is 51.6 Å². The molecule has 82 valence electrons. The van der Waals surface area contributed by atoms with Crippen LogP contribution in [-0.4, -0.2) is 27.6 Å². The van der Waals surface area contributed by atoms with Gasteiger partial charge in [0.15, 0.2) is 0 Å². The first-order valence-corrected chi connectivity index (χ1v) is 4.98. The van der Waals surface area contributed by atoms with Crippen LogP contribution in [-0.2, 0) is 9.59 Å². The first-order valence-electron chi connectivity index (χ1n) is 4.98. The van der Waals surface area contributed by atoms with Crippen LogP contribution in [0.2, 0.25) is 0 Å².